The van der Waals surface area contributed by atoms with Gasteiger partial charge in [-0.3, -0.25) is 9.59 Å². The molecular weight excluding hydrogens is 258 g/mol. The zero-order valence-electron chi connectivity index (χ0n) is 7.61. The first kappa shape index (κ1) is 9.98. The number of carbonyl (C=O) groups is 2. The van der Waals surface area contributed by atoms with E-state index in [4.69, 9.17) is 0 Å². The predicted octanol–water partition coefficient (Wildman–Crippen LogP) is 2.62. The molecule has 74 valence electrons. The van der Waals surface area contributed by atoms with Crippen LogP contribution in [0, 0.1) is 0 Å². The summed E-state index contributed by atoms with van der Waals surface area (Å²) in [5.74, 6) is 0. The molecule has 0 amide bonds. The molecule has 0 N–H and O–H groups in total. The van der Waals surface area contributed by atoms with Crippen molar-refractivity contribution in [2.75, 3.05) is 0 Å². The Hall–Kier alpha value is -1.55. The molecule has 1 aromatic heterocycles. The number of pyridine rings is 1. The van der Waals surface area contributed by atoms with Crippen molar-refractivity contribution in [2.24, 2.45) is 0 Å². The van der Waals surface area contributed by atoms with Crippen molar-refractivity contribution in [1.82, 2.24) is 4.98 Å². The SMILES string of the molecule is O=Cc1ccc2cc(Br)cc(C=O)c2n1. The first-order valence-corrected chi connectivity index (χ1v) is 5.04. The first-order valence-electron chi connectivity index (χ1n) is 4.25. The third-order valence-corrected chi connectivity index (χ3v) is 2.51. The van der Waals surface area contributed by atoms with Gasteiger partial charge in [0.2, 0.25) is 0 Å². The van der Waals surface area contributed by atoms with Crippen LogP contribution in [0.4, 0.5) is 0 Å². The molecule has 0 saturated carbocycles. The Kier molecular flexibility index (Phi) is 2.60. The lowest BCUT2D eigenvalue weighted by molar-refractivity contribution is 0.111. The van der Waals surface area contributed by atoms with Crippen LogP contribution in [0.3, 0.4) is 0 Å². The predicted molar refractivity (Wildman–Crippen MR) is 60.2 cm³/mol. The monoisotopic (exact) mass is 263 g/mol. The zero-order valence-corrected chi connectivity index (χ0v) is 9.19. The van der Waals surface area contributed by atoms with E-state index in [2.05, 4.69) is 20.9 Å². The lowest BCUT2D eigenvalue weighted by Crippen LogP contribution is -1.92. The van der Waals surface area contributed by atoms with Crippen LogP contribution >= 0.6 is 15.9 Å². The highest BCUT2D eigenvalue weighted by Gasteiger charge is 2.04. The third-order valence-electron chi connectivity index (χ3n) is 2.06. The molecule has 0 fully saturated rings. The number of hydrogen-bond donors (Lipinski definition) is 0. The van der Waals surface area contributed by atoms with E-state index < -0.39 is 0 Å². The Labute approximate surface area is 94.3 Å². The third kappa shape index (κ3) is 1.80. The fourth-order valence-corrected chi connectivity index (χ4v) is 1.89. The van der Waals surface area contributed by atoms with Gasteiger partial charge in [0.05, 0.1) is 5.52 Å². The highest BCUT2D eigenvalue weighted by molar-refractivity contribution is 9.10. The summed E-state index contributed by atoms with van der Waals surface area (Å²) in [7, 11) is 0. The molecule has 0 aliphatic heterocycles. The number of benzene rings is 1. The van der Waals surface area contributed by atoms with E-state index >= 15 is 0 Å². The highest BCUT2D eigenvalue weighted by Crippen LogP contribution is 2.21. The molecule has 0 bridgehead atoms. The number of aldehydes is 2. The summed E-state index contributed by atoms with van der Waals surface area (Å²) in [6.07, 6.45) is 1.39. The van der Waals surface area contributed by atoms with Crippen LogP contribution in [0.15, 0.2) is 28.7 Å². The second-order valence-corrected chi connectivity index (χ2v) is 3.95. The van der Waals surface area contributed by atoms with Crippen molar-refractivity contribution in [2.45, 2.75) is 0 Å². The fraction of sp³-hybridized carbons (Fsp3) is 0. The second-order valence-electron chi connectivity index (χ2n) is 3.04. The van der Waals surface area contributed by atoms with Crippen molar-refractivity contribution < 1.29 is 9.59 Å². The molecule has 0 radical (unpaired) electrons. The van der Waals surface area contributed by atoms with E-state index in [1.54, 1.807) is 18.2 Å². The normalized spacial score (nSPS) is 10.2. The molecule has 0 saturated heterocycles. The molecule has 0 atom stereocenters. The number of halogens is 1. The van der Waals surface area contributed by atoms with Crippen LogP contribution in [0.2, 0.25) is 0 Å². The number of aromatic nitrogens is 1. The summed E-state index contributed by atoms with van der Waals surface area (Å²) in [4.78, 5) is 25.5. The Morgan fingerprint density at radius 2 is 1.93 bits per heavy atom. The van der Waals surface area contributed by atoms with Gasteiger partial charge in [-0.25, -0.2) is 4.98 Å². The number of carbonyl (C=O) groups excluding carboxylic acids is 2. The van der Waals surface area contributed by atoms with Crippen molar-refractivity contribution >= 4 is 39.4 Å². The number of rotatable bonds is 2. The molecule has 0 spiro atoms. The maximum atomic E-state index is 10.8. The fourth-order valence-electron chi connectivity index (χ4n) is 1.40. The van der Waals surface area contributed by atoms with E-state index in [1.807, 2.05) is 6.07 Å². The van der Waals surface area contributed by atoms with E-state index in [9.17, 15) is 9.59 Å². The minimum absolute atomic E-state index is 0.327. The van der Waals surface area contributed by atoms with E-state index in [0.717, 1.165) is 16.1 Å². The molecule has 0 aliphatic carbocycles. The first-order chi connectivity index (χ1) is 7.24. The molecule has 4 heteroatoms. The topological polar surface area (TPSA) is 47.0 Å². The molecule has 1 heterocycles. The standard InChI is InChI=1S/C11H6BrNO2/c12-9-3-7-1-2-10(6-15)13-11(7)8(4-9)5-14/h1-6H. The molecule has 2 aromatic rings. The Morgan fingerprint density at radius 3 is 2.60 bits per heavy atom. The van der Waals surface area contributed by atoms with Crippen molar-refractivity contribution in [1.29, 1.82) is 0 Å². The lowest BCUT2D eigenvalue weighted by atomic mass is 10.1. The van der Waals surface area contributed by atoms with Gasteiger partial charge >= 0.3 is 0 Å². The van der Waals surface area contributed by atoms with Gasteiger partial charge in [0.25, 0.3) is 0 Å². The number of nitrogens with zero attached hydrogens (tertiary/aromatic N) is 1. The smallest absolute Gasteiger partial charge is 0.168 e. The van der Waals surface area contributed by atoms with Crippen LogP contribution < -0.4 is 0 Å². The number of fused-ring (bicyclic) bond motifs is 1. The maximum absolute atomic E-state index is 10.8. The van der Waals surface area contributed by atoms with Crippen LogP contribution in [0.1, 0.15) is 20.8 Å². The summed E-state index contributed by atoms with van der Waals surface area (Å²) in [6.45, 7) is 0. The quantitative estimate of drug-likeness (QED) is 0.783. The van der Waals surface area contributed by atoms with Crippen LogP contribution in [0.5, 0.6) is 0 Å². The summed E-state index contributed by atoms with van der Waals surface area (Å²) >= 11 is 3.30. The summed E-state index contributed by atoms with van der Waals surface area (Å²) in [5.41, 5.74) is 1.36. The van der Waals surface area contributed by atoms with Gasteiger partial charge in [-0.15, -0.1) is 0 Å². The Bertz CT molecular complexity index is 552. The minimum Gasteiger partial charge on any atom is -0.298 e. The molecule has 0 unspecified atom stereocenters. The lowest BCUT2D eigenvalue weighted by Gasteiger charge is -2.01. The summed E-state index contributed by atoms with van der Waals surface area (Å²) in [5, 5.41) is 0.831. The molecule has 0 aliphatic rings. The van der Waals surface area contributed by atoms with Gasteiger partial charge in [0.1, 0.15) is 5.69 Å². The molecule has 2 rings (SSSR count). The van der Waals surface area contributed by atoms with Gasteiger partial charge in [0.15, 0.2) is 12.6 Å². The van der Waals surface area contributed by atoms with Crippen molar-refractivity contribution in [3.63, 3.8) is 0 Å². The van der Waals surface area contributed by atoms with Crippen LogP contribution in [0.25, 0.3) is 10.9 Å². The average Bonchev–Trinajstić information content (AvgIpc) is 2.27. The number of hydrogen-bond acceptors (Lipinski definition) is 3. The van der Waals surface area contributed by atoms with Gasteiger partial charge in [-0.2, -0.15) is 0 Å². The van der Waals surface area contributed by atoms with Crippen molar-refractivity contribution in [3.8, 4) is 0 Å². The summed E-state index contributed by atoms with van der Waals surface area (Å²) < 4.78 is 0.817. The average molecular weight is 264 g/mol. The van der Waals surface area contributed by atoms with Gasteiger partial charge < -0.3 is 0 Å². The van der Waals surface area contributed by atoms with E-state index in [1.165, 1.54) is 0 Å². The van der Waals surface area contributed by atoms with E-state index in [0.29, 0.717) is 23.1 Å². The minimum atomic E-state index is 0.327. The highest BCUT2D eigenvalue weighted by atomic mass is 79.9. The van der Waals surface area contributed by atoms with Crippen LogP contribution in [-0.4, -0.2) is 17.6 Å². The Morgan fingerprint density at radius 1 is 1.13 bits per heavy atom. The molecule has 15 heavy (non-hydrogen) atoms. The molecular formula is C11H6BrNO2. The second kappa shape index (κ2) is 3.90. The van der Waals surface area contributed by atoms with Gasteiger partial charge in [-0.1, -0.05) is 22.0 Å². The van der Waals surface area contributed by atoms with Crippen molar-refractivity contribution in [3.05, 3.63) is 40.0 Å². The molecule has 1 aromatic carbocycles. The molecule has 3 nitrogen and oxygen atoms in total. The Balaban J connectivity index is 2.84. The zero-order chi connectivity index (χ0) is 10.8. The van der Waals surface area contributed by atoms with E-state index in [-0.39, 0.29) is 0 Å². The largest absolute Gasteiger partial charge is 0.298 e. The maximum Gasteiger partial charge on any atom is 0.168 e. The van der Waals surface area contributed by atoms with Gasteiger partial charge in [0, 0.05) is 15.4 Å². The van der Waals surface area contributed by atoms with Crippen LogP contribution in [-0.2, 0) is 0 Å². The van der Waals surface area contributed by atoms with Gasteiger partial charge in [-0.05, 0) is 18.2 Å². The summed E-state index contributed by atoms with van der Waals surface area (Å²) in [6, 6.07) is 6.92.